The second-order valence-electron chi connectivity index (χ2n) is 8.96. The van der Waals surface area contributed by atoms with E-state index >= 15 is 0 Å². The normalized spacial score (nSPS) is 12.3. The molecule has 12 heteroatoms. The van der Waals surface area contributed by atoms with E-state index < -0.39 is 7.60 Å². The second-order valence-corrected chi connectivity index (χ2v) is 11.7. The first-order valence-electron chi connectivity index (χ1n) is 12.5. The van der Waals surface area contributed by atoms with Crippen LogP contribution in [0.2, 0.25) is 0 Å². The van der Waals surface area contributed by atoms with Crippen LogP contribution in [0.5, 0.6) is 5.75 Å². The molecule has 0 bridgehead atoms. The summed E-state index contributed by atoms with van der Waals surface area (Å²) in [5.74, 6) is 2.25. The van der Waals surface area contributed by atoms with Gasteiger partial charge in [0, 0.05) is 35.8 Å². The maximum atomic E-state index is 12.7. The van der Waals surface area contributed by atoms with Gasteiger partial charge in [-0.3, -0.25) is 9.36 Å². The highest BCUT2D eigenvalue weighted by atomic mass is 32.2. The van der Waals surface area contributed by atoms with Crippen molar-refractivity contribution in [2.75, 3.05) is 42.9 Å². The maximum Gasteiger partial charge on any atom is 0.325 e. The number of nitrogens with one attached hydrogen (secondary N) is 2. The van der Waals surface area contributed by atoms with Crippen LogP contribution >= 0.6 is 19.4 Å². The number of carbonyl (C=O) groups is 1. The Balaban J connectivity index is 2.29. The van der Waals surface area contributed by atoms with E-state index in [1.807, 2.05) is 18.7 Å². The molecule has 2 aromatic rings. The van der Waals surface area contributed by atoms with E-state index in [0.717, 1.165) is 48.3 Å². The molecule has 206 valence electrons. The summed E-state index contributed by atoms with van der Waals surface area (Å²) in [6.45, 7) is 4.24. The van der Waals surface area contributed by atoms with Crippen LogP contribution in [-0.4, -0.2) is 63.5 Å². The number of benzene rings is 1. The first kappa shape index (κ1) is 30.9. The summed E-state index contributed by atoms with van der Waals surface area (Å²) in [5, 5.41) is 6.33. The Morgan fingerprint density at radius 2 is 2.00 bits per heavy atom. The number of nitrogens with zero attached hydrogens (tertiary/aromatic N) is 2. The molecule has 0 spiro atoms. The molecule has 2 rings (SSSR count). The number of rotatable bonds is 16. The number of anilines is 2. The van der Waals surface area contributed by atoms with Gasteiger partial charge < -0.3 is 30.9 Å². The minimum atomic E-state index is -4.09. The fraction of sp³-hybridized carbons (Fsp3) is 0.560. The van der Waals surface area contributed by atoms with Gasteiger partial charge in [0.25, 0.3) is 5.91 Å². The summed E-state index contributed by atoms with van der Waals surface area (Å²) in [4.78, 5) is 39.6. The Bertz CT molecular complexity index is 1070. The minimum Gasteiger partial charge on any atom is -0.496 e. The lowest BCUT2D eigenvalue weighted by Crippen LogP contribution is -2.25. The summed E-state index contributed by atoms with van der Waals surface area (Å²) in [6, 6.07) is 5.42. The Kier molecular flexibility index (Phi) is 12.7. The third-order valence-corrected chi connectivity index (χ3v) is 7.51. The fourth-order valence-electron chi connectivity index (χ4n) is 3.98. The molecule has 0 aliphatic carbocycles. The first-order chi connectivity index (χ1) is 17.6. The average Bonchev–Trinajstić information content (AvgIpc) is 2.84. The molecule has 0 aliphatic heterocycles. The number of unbranched alkanes of at least 4 members (excludes halogenated alkanes) is 1. The van der Waals surface area contributed by atoms with Gasteiger partial charge in [0.1, 0.15) is 11.6 Å². The number of aromatic nitrogens is 2. The Hall–Kier alpha value is -2.33. The summed E-state index contributed by atoms with van der Waals surface area (Å²) in [7, 11) is -2.51. The van der Waals surface area contributed by atoms with Crippen molar-refractivity contribution in [1.29, 1.82) is 0 Å². The number of hydrogen-bond acceptors (Lipinski definition) is 8. The van der Waals surface area contributed by atoms with Crippen LogP contribution in [0, 0.1) is 6.92 Å². The lowest BCUT2D eigenvalue weighted by molar-refractivity contribution is 0.0953. The van der Waals surface area contributed by atoms with E-state index in [9.17, 15) is 9.36 Å². The van der Waals surface area contributed by atoms with Gasteiger partial charge in [-0.1, -0.05) is 19.8 Å². The largest absolute Gasteiger partial charge is 0.496 e. The summed E-state index contributed by atoms with van der Waals surface area (Å²) >= 11 is 1.81. The van der Waals surface area contributed by atoms with E-state index in [0.29, 0.717) is 23.6 Å². The number of methoxy groups -OCH3 is 1. The maximum absolute atomic E-state index is 12.7. The number of ether oxygens (including phenoxy) is 1. The van der Waals surface area contributed by atoms with Crippen LogP contribution in [0.4, 0.5) is 11.8 Å². The zero-order valence-electron chi connectivity index (χ0n) is 22.1. The van der Waals surface area contributed by atoms with Crippen molar-refractivity contribution >= 4 is 37.0 Å². The van der Waals surface area contributed by atoms with Gasteiger partial charge >= 0.3 is 7.60 Å². The predicted molar refractivity (Wildman–Crippen MR) is 151 cm³/mol. The topological polar surface area (TPSA) is 160 Å². The van der Waals surface area contributed by atoms with Gasteiger partial charge in [0.15, 0.2) is 0 Å². The molecule has 0 saturated heterocycles. The van der Waals surface area contributed by atoms with E-state index in [1.165, 1.54) is 0 Å². The molecular formula is C25H40N5O5PS. The van der Waals surface area contributed by atoms with Crippen LogP contribution < -0.4 is 21.1 Å². The van der Waals surface area contributed by atoms with Crippen LogP contribution in [0.1, 0.15) is 66.2 Å². The average molecular weight is 554 g/mol. The summed E-state index contributed by atoms with van der Waals surface area (Å²) in [5.41, 5.74) is 8.87. The number of aryl methyl sites for hydroxylation is 1. The predicted octanol–water partition coefficient (Wildman–Crippen LogP) is 3.99. The fourth-order valence-corrected chi connectivity index (χ4v) is 5.07. The molecular weight excluding hydrogens is 513 g/mol. The number of nitrogens with two attached hydrogens (primary N) is 1. The third-order valence-electron chi connectivity index (χ3n) is 5.97. The van der Waals surface area contributed by atoms with Crippen molar-refractivity contribution in [1.82, 2.24) is 15.3 Å². The van der Waals surface area contributed by atoms with Crippen molar-refractivity contribution in [2.45, 2.75) is 58.4 Å². The van der Waals surface area contributed by atoms with Crippen LogP contribution in [-0.2, 0) is 11.0 Å². The Morgan fingerprint density at radius 1 is 1.24 bits per heavy atom. The smallest absolute Gasteiger partial charge is 0.325 e. The van der Waals surface area contributed by atoms with Crippen molar-refractivity contribution in [2.24, 2.45) is 0 Å². The molecule has 1 amide bonds. The molecule has 1 aromatic heterocycles. The quantitative estimate of drug-likeness (QED) is 0.152. The third kappa shape index (κ3) is 10.5. The molecule has 0 unspecified atom stereocenters. The molecule has 1 atom stereocenters. The van der Waals surface area contributed by atoms with Crippen LogP contribution in [0.3, 0.4) is 0 Å². The molecule has 0 saturated carbocycles. The highest BCUT2D eigenvalue weighted by Gasteiger charge is 2.19. The Morgan fingerprint density at radius 3 is 2.65 bits per heavy atom. The Labute approximate surface area is 223 Å². The van der Waals surface area contributed by atoms with Crippen LogP contribution in [0.25, 0.3) is 0 Å². The number of carbonyl (C=O) groups excluding carboxylic acids is 1. The van der Waals surface area contributed by atoms with Crippen LogP contribution in [0.15, 0.2) is 18.2 Å². The zero-order valence-corrected chi connectivity index (χ0v) is 23.8. The monoisotopic (exact) mass is 553 g/mol. The van der Waals surface area contributed by atoms with Crippen molar-refractivity contribution < 1.29 is 23.9 Å². The van der Waals surface area contributed by atoms with Crippen molar-refractivity contribution in [3.8, 4) is 5.75 Å². The van der Waals surface area contributed by atoms with Crippen molar-refractivity contribution in [3.63, 3.8) is 0 Å². The van der Waals surface area contributed by atoms with Gasteiger partial charge in [0.2, 0.25) is 5.95 Å². The zero-order chi connectivity index (χ0) is 27.4. The highest BCUT2D eigenvalue weighted by Crippen LogP contribution is 2.34. The molecule has 1 heterocycles. The molecule has 0 fully saturated rings. The standard InChI is InChI=1S/C25H40N5O5PS/c1-5-6-8-20(11-14-37-4)29-23-21(17(2)28-25(26)30-23)16-19-15-18(9-10-22(19)35-3)24(31)27-12-7-13-36(32,33)34/h9-10,15,20H,5-8,11-14,16H2,1-4H3,(H,27,31)(H2,32,33,34)(H3,26,28,29,30)/t20-/m0/s1. The van der Waals surface area contributed by atoms with E-state index in [1.54, 1.807) is 25.3 Å². The van der Waals surface area contributed by atoms with Crippen molar-refractivity contribution in [3.05, 3.63) is 40.6 Å². The number of nitrogen functional groups attached to an aromatic ring is 1. The van der Waals surface area contributed by atoms with E-state index in [4.69, 9.17) is 20.3 Å². The summed E-state index contributed by atoms with van der Waals surface area (Å²) < 4.78 is 16.6. The number of thioether (sulfide) groups is 1. The number of hydrogen-bond donors (Lipinski definition) is 5. The van der Waals surface area contributed by atoms with Gasteiger partial charge in [-0.25, -0.2) is 4.98 Å². The minimum absolute atomic E-state index is 0.166. The molecule has 0 aliphatic rings. The first-order valence-corrected chi connectivity index (χ1v) is 15.6. The van der Waals surface area contributed by atoms with Gasteiger partial charge in [-0.05, 0) is 62.0 Å². The van der Waals surface area contributed by atoms with Gasteiger partial charge in [0.05, 0.1) is 13.3 Å². The molecule has 0 radical (unpaired) electrons. The molecule has 10 nitrogen and oxygen atoms in total. The second kappa shape index (κ2) is 15.2. The molecule has 1 aromatic carbocycles. The lowest BCUT2D eigenvalue weighted by atomic mass is 9.99. The molecule has 6 N–H and O–H groups in total. The summed E-state index contributed by atoms with van der Waals surface area (Å²) in [6.07, 6.45) is 6.70. The van der Waals surface area contributed by atoms with Gasteiger partial charge in [-0.2, -0.15) is 16.7 Å². The lowest BCUT2D eigenvalue weighted by Gasteiger charge is -2.22. The highest BCUT2D eigenvalue weighted by molar-refractivity contribution is 7.98. The number of amides is 1. The van der Waals surface area contributed by atoms with Gasteiger partial charge in [-0.15, -0.1) is 0 Å². The van der Waals surface area contributed by atoms with E-state index in [-0.39, 0.29) is 37.0 Å². The van der Waals surface area contributed by atoms with E-state index in [2.05, 4.69) is 33.8 Å². The molecule has 37 heavy (non-hydrogen) atoms. The SMILES string of the molecule is CCCC[C@@H](CCSC)Nc1nc(N)nc(C)c1Cc1cc(C(=O)NCCCP(=O)(O)O)ccc1OC.